The highest BCUT2D eigenvalue weighted by atomic mass is 35.5. The number of ketones is 1. The van der Waals surface area contributed by atoms with Crippen LogP contribution in [0.2, 0.25) is 10.0 Å². The highest BCUT2D eigenvalue weighted by Gasteiger charge is 2.20. The lowest BCUT2D eigenvalue weighted by Crippen LogP contribution is -2.22. The number of ether oxygens (including phenoxy) is 1. The number of aromatic nitrogens is 4. The molecule has 170 valence electrons. The van der Waals surface area contributed by atoms with Gasteiger partial charge in [0.05, 0.1) is 34.5 Å². The van der Waals surface area contributed by atoms with Crippen molar-refractivity contribution in [3.05, 3.63) is 92.7 Å². The molecule has 0 bridgehead atoms. The highest BCUT2D eigenvalue weighted by molar-refractivity contribution is 7.99. The minimum Gasteiger partial charge on any atom is -0.497 e. The molecule has 3 aromatic carbocycles. The normalized spacial score (nSPS) is 11.3. The summed E-state index contributed by atoms with van der Waals surface area (Å²) in [6.45, 7) is 0. The van der Waals surface area contributed by atoms with Crippen molar-refractivity contribution in [3.63, 3.8) is 0 Å². The van der Waals surface area contributed by atoms with E-state index in [1.54, 1.807) is 66.1 Å². The third-order valence-electron chi connectivity index (χ3n) is 5.27. The molecule has 0 fully saturated rings. The first kappa shape index (κ1) is 22.5. The van der Waals surface area contributed by atoms with Crippen LogP contribution in [0.25, 0.3) is 22.4 Å². The predicted octanol–water partition coefficient (Wildman–Crippen LogP) is 5.32. The summed E-state index contributed by atoms with van der Waals surface area (Å²) >= 11 is 13.4. The van der Waals surface area contributed by atoms with Crippen LogP contribution in [0, 0.1) is 0 Å². The monoisotopic (exact) mass is 510 g/mol. The summed E-state index contributed by atoms with van der Waals surface area (Å²) in [5, 5.41) is 10.3. The fraction of sp³-hybridized carbons (Fsp3) is 0.0833. The van der Waals surface area contributed by atoms with E-state index in [2.05, 4.69) is 10.2 Å². The summed E-state index contributed by atoms with van der Waals surface area (Å²) in [5.74, 6) is 0.800. The summed E-state index contributed by atoms with van der Waals surface area (Å²) in [5.41, 5.74) is 1.34. The topological polar surface area (TPSA) is 78.5 Å². The first-order valence-corrected chi connectivity index (χ1v) is 11.9. The zero-order valence-electron chi connectivity index (χ0n) is 17.7. The van der Waals surface area contributed by atoms with E-state index in [4.69, 9.17) is 27.9 Å². The molecule has 2 heterocycles. The molecule has 0 aliphatic carbocycles. The molecule has 0 unspecified atom stereocenters. The van der Waals surface area contributed by atoms with Crippen molar-refractivity contribution in [1.29, 1.82) is 0 Å². The molecule has 10 heteroatoms. The summed E-state index contributed by atoms with van der Waals surface area (Å²) in [6, 6.07) is 19.1. The third kappa shape index (κ3) is 3.94. The first-order chi connectivity index (χ1) is 16.5. The van der Waals surface area contributed by atoms with Crippen LogP contribution in [0.15, 0.2) is 76.7 Å². The van der Waals surface area contributed by atoms with Gasteiger partial charge in [0, 0.05) is 16.7 Å². The Kier molecular flexibility index (Phi) is 6.03. The summed E-state index contributed by atoms with van der Waals surface area (Å²) in [4.78, 5) is 26.3. The maximum atomic E-state index is 13.4. The number of carbonyl (C=O) groups excluding carboxylic acids is 1. The number of hydrogen-bond donors (Lipinski definition) is 0. The zero-order chi connectivity index (χ0) is 23.8. The number of hydrogen-bond acceptors (Lipinski definition) is 6. The second kappa shape index (κ2) is 9.13. The van der Waals surface area contributed by atoms with Crippen LogP contribution in [-0.4, -0.2) is 37.8 Å². The van der Waals surface area contributed by atoms with Crippen LogP contribution in [0.4, 0.5) is 0 Å². The summed E-state index contributed by atoms with van der Waals surface area (Å²) < 4.78 is 8.58. The second-order valence-corrected chi connectivity index (χ2v) is 9.10. The van der Waals surface area contributed by atoms with Crippen molar-refractivity contribution in [2.24, 2.45) is 0 Å². The Morgan fingerprint density at radius 2 is 1.85 bits per heavy atom. The molecule has 34 heavy (non-hydrogen) atoms. The molecule has 0 N–H and O–H groups in total. The first-order valence-electron chi connectivity index (χ1n) is 10.1. The number of para-hydroxylation sites is 1. The fourth-order valence-electron chi connectivity index (χ4n) is 3.67. The molecule has 5 rings (SSSR count). The van der Waals surface area contributed by atoms with E-state index in [1.807, 2.05) is 12.1 Å². The molecular weight excluding hydrogens is 495 g/mol. The van der Waals surface area contributed by atoms with Crippen LogP contribution in [-0.2, 0) is 0 Å². The number of methoxy groups -OCH3 is 1. The lowest BCUT2D eigenvalue weighted by Gasteiger charge is -2.12. The maximum absolute atomic E-state index is 13.4. The average Bonchev–Trinajstić information content (AvgIpc) is 3.28. The van der Waals surface area contributed by atoms with Gasteiger partial charge < -0.3 is 4.74 Å². The van der Waals surface area contributed by atoms with Crippen molar-refractivity contribution < 1.29 is 9.53 Å². The average molecular weight is 511 g/mol. The van der Waals surface area contributed by atoms with E-state index in [-0.39, 0.29) is 17.1 Å². The lowest BCUT2D eigenvalue weighted by molar-refractivity contribution is 0.102. The van der Waals surface area contributed by atoms with Crippen LogP contribution in [0.5, 0.6) is 5.75 Å². The van der Waals surface area contributed by atoms with Gasteiger partial charge in [-0.2, -0.15) is 0 Å². The van der Waals surface area contributed by atoms with Gasteiger partial charge in [-0.25, -0.2) is 4.57 Å². The highest BCUT2D eigenvalue weighted by Crippen LogP contribution is 2.27. The van der Waals surface area contributed by atoms with Crippen molar-refractivity contribution in [2.75, 3.05) is 12.9 Å². The van der Waals surface area contributed by atoms with E-state index in [0.29, 0.717) is 48.9 Å². The standard InChI is InChI=1S/C24H16Cl2N4O3S/c1-33-16-6-4-5-15(12-16)29-22(32)17-7-2-3-8-20(17)30-23(29)27-28-24(30)34-13-21(31)18-11-14(25)9-10-19(18)26/h2-12H,13H2,1H3. The Labute approximate surface area is 207 Å². The molecule has 2 aromatic heterocycles. The van der Waals surface area contributed by atoms with Gasteiger partial charge in [-0.15, -0.1) is 10.2 Å². The maximum Gasteiger partial charge on any atom is 0.267 e. The van der Waals surface area contributed by atoms with Crippen molar-refractivity contribution in [2.45, 2.75) is 5.16 Å². The van der Waals surface area contributed by atoms with Gasteiger partial charge in [0.1, 0.15) is 5.75 Å². The molecule has 0 radical (unpaired) electrons. The van der Waals surface area contributed by atoms with Crippen LogP contribution < -0.4 is 10.3 Å². The van der Waals surface area contributed by atoms with Gasteiger partial charge in [0.25, 0.3) is 5.56 Å². The van der Waals surface area contributed by atoms with Crippen molar-refractivity contribution >= 4 is 57.4 Å². The third-order valence-corrected chi connectivity index (χ3v) is 6.76. The smallest absolute Gasteiger partial charge is 0.267 e. The number of benzene rings is 3. The second-order valence-electron chi connectivity index (χ2n) is 7.31. The molecule has 0 atom stereocenters. The molecular formula is C24H16Cl2N4O3S. The number of thioether (sulfide) groups is 1. The molecule has 0 amide bonds. The summed E-state index contributed by atoms with van der Waals surface area (Å²) in [6.07, 6.45) is 0. The molecule has 5 aromatic rings. The van der Waals surface area contributed by atoms with Crippen molar-refractivity contribution in [3.8, 4) is 11.4 Å². The molecule has 0 spiro atoms. The van der Waals surface area contributed by atoms with E-state index in [9.17, 15) is 9.59 Å². The SMILES string of the molecule is COc1cccc(-n2c(=O)c3ccccc3n3c(SCC(=O)c4cc(Cl)ccc4Cl)nnc23)c1. The van der Waals surface area contributed by atoms with Crippen LogP contribution in [0.1, 0.15) is 10.4 Å². The number of rotatable bonds is 6. The molecule has 0 aliphatic rings. The minimum atomic E-state index is -0.234. The van der Waals surface area contributed by atoms with Crippen molar-refractivity contribution in [1.82, 2.24) is 19.2 Å². The molecule has 0 aliphatic heterocycles. The van der Waals surface area contributed by atoms with Crippen LogP contribution in [0.3, 0.4) is 0 Å². The van der Waals surface area contributed by atoms with Gasteiger partial charge in [0.15, 0.2) is 10.9 Å². The van der Waals surface area contributed by atoms with Gasteiger partial charge in [-0.05, 0) is 42.5 Å². The fourth-order valence-corrected chi connectivity index (χ4v) is 4.89. The molecule has 0 saturated heterocycles. The minimum absolute atomic E-state index is 0.0630. The van der Waals surface area contributed by atoms with Gasteiger partial charge in [0.2, 0.25) is 5.78 Å². The van der Waals surface area contributed by atoms with Gasteiger partial charge in [-0.3, -0.25) is 14.0 Å². The predicted molar refractivity (Wildman–Crippen MR) is 134 cm³/mol. The van der Waals surface area contributed by atoms with Gasteiger partial charge >= 0.3 is 0 Å². The quantitative estimate of drug-likeness (QED) is 0.227. The molecule has 0 saturated carbocycles. The number of Topliss-reactive ketones (excluding diaryl/α,β-unsaturated/α-hetero) is 1. The Balaban J connectivity index is 1.63. The molecule has 7 nitrogen and oxygen atoms in total. The number of nitrogens with zero attached hydrogens (tertiary/aromatic N) is 4. The van der Waals surface area contributed by atoms with E-state index < -0.39 is 0 Å². The Morgan fingerprint density at radius 3 is 2.68 bits per heavy atom. The Bertz CT molecular complexity index is 1630. The number of fused-ring (bicyclic) bond motifs is 3. The number of halogens is 2. The van der Waals surface area contributed by atoms with E-state index in [0.717, 1.165) is 0 Å². The lowest BCUT2D eigenvalue weighted by atomic mass is 10.1. The zero-order valence-corrected chi connectivity index (χ0v) is 20.1. The Morgan fingerprint density at radius 1 is 1.03 bits per heavy atom. The number of carbonyl (C=O) groups is 1. The summed E-state index contributed by atoms with van der Waals surface area (Å²) in [7, 11) is 1.56. The van der Waals surface area contributed by atoms with E-state index >= 15 is 0 Å². The van der Waals surface area contributed by atoms with Gasteiger partial charge in [-0.1, -0.05) is 53.2 Å². The largest absolute Gasteiger partial charge is 0.497 e. The van der Waals surface area contributed by atoms with Crippen LogP contribution >= 0.6 is 35.0 Å². The van der Waals surface area contributed by atoms with E-state index in [1.165, 1.54) is 16.3 Å². The Hall–Kier alpha value is -3.33.